The maximum absolute atomic E-state index is 5.37. The predicted octanol–water partition coefficient (Wildman–Crippen LogP) is 17.1. The molecule has 1 heterocycles. The van der Waals surface area contributed by atoms with Crippen molar-refractivity contribution < 1.29 is 0 Å². The van der Waals surface area contributed by atoms with Gasteiger partial charge < -0.3 is 0 Å². The van der Waals surface area contributed by atoms with Gasteiger partial charge in [0.15, 0.2) is 5.82 Å². The van der Waals surface area contributed by atoms with E-state index in [9.17, 15) is 0 Å². The van der Waals surface area contributed by atoms with E-state index in [4.69, 9.17) is 9.97 Å². The van der Waals surface area contributed by atoms with Crippen molar-refractivity contribution in [1.29, 1.82) is 0 Å². The second-order valence-electron chi connectivity index (χ2n) is 18.0. The monoisotopic (exact) mass is 876 g/mol. The minimum atomic E-state index is -0.428. The number of nitrogens with zero attached hydrogens (tertiary/aromatic N) is 2. The van der Waals surface area contributed by atoms with Crippen LogP contribution in [0.1, 0.15) is 22.3 Å². The van der Waals surface area contributed by atoms with Crippen LogP contribution in [0.3, 0.4) is 0 Å². The Morgan fingerprint density at radius 1 is 0.246 bits per heavy atom. The van der Waals surface area contributed by atoms with E-state index in [1.807, 2.05) is 0 Å². The summed E-state index contributed by atoms with van der Waals surface area (Å²) in [5.74, 6) is 0.692. The molecule has 0 bridgehead atoms. The number of hydrogen-bond acceptors (Lipinski definition) is 2. The first-order valence-corrected chi connectivity index (χ1v) is 23.7. The Labute approximate surface area is 402 Å². The molecule has 322 valence electrons. The molecular weight excluding hydrogens is 833 g/mol. The van der Waals surface area contributed by atoms with E-state index in [0.717, 1.165) is 50.0 Å². The lowest BCUT2D eigenvalue weighted by atomic mass is 9.67. The Balaban J connectivity index is 0.926. The topological polar surface area (TPSA) is 25.8 Å². The molecule has 0 spiro atoms. The van der Waals surface area contributed by atoms with E-state index in [1.165, 1.54) is 66.4 Å². The molecule has 0 radical (unpaired) electrons. The maximum atomic E-state index is 5.37. The molecule has 2 heteroatoms. The minimum absolute atomic E-state index is 0.428. The van der Waals surface area contributed by atoms with Crippen molar-refractivity contribution in [3.8, 4) is 78.4 Å². The van der Waals surface area contributed by atoms with Crippen molar-refractivity contribution in [3.05, 3.63) is 289 Å². The third kappa shape index (κ3) is 6.80. The summed E-state index contributed by atoms with van der Waals surface area (Å²) >= 11 is 0. The minimum Gasteiger partial charge on any atom is -0.228 e. The quantitative estimate of drug-likeness (QED) is 0.152. The molecule has 0 saturated heterocycles. The van der Waals surface area contributed by atoms with Gasteiger partial charge in [0.2, 0.25) is 0 Å². The van der Waals surface area contributed by atoms with Crippen molar-refractivity contribution in [2.75, 3.05) is 0 Å². The van der Waals surface area contributed by atoms with Gasteiger partial charge in [-0.2, -0.15) is 0 Å². The van der Waals surface area contributed by atoms with Crippen LogP contribution in [0.4, 0.5) is 0 Å². The first-order chi connectivity index (χ1) is 34.2. The van der Waals surface area contributed by atoms with Gasteiger partial charge in [-0.3, -0.25) is 0 Å². The predicted molar refractivity (Wildman–Crippen MR) is 287 cm³/mol. The lowest BCUT2D eigenvalue weighted by molar-refractivity contribution is 0.768. The molecule has 1 aliphatic carbocycles. The number of fused-ring (bicyclic) bond motifs is 5. The van der Waals surface area contributed by atoms with Gasteiger partial charge in [0.05, 0.1) is 16.8 Å². The van der Waals surface area contributed by atoms with Crippen molar-refractivity contribution in [2.24, 2.45) is 0 Å². The summed E-state index contributed by atoms with van der Waals surface area (Å²) in [6.45, 7) is 0. The summed E-state index contributed by atoms with van der Waals surface area (Å²) in [4.78, 5) is 10.7. The Kier molecular flexibility index (Phi) is 9.77. The Bertz CT molecular complexity index is 3830. The zero-order valence-corrected chi connectivity index (χ0v) is 37.8. The third-order valence-corrected chi connectivity index (χ3v) is 14.2. The third-order valence-electron chi connectivity index (χ3n) is 14.2. The average molecular weight is 877 g/mol. The molecule has 1 aliphatic rings. The average Bonchev–Trinajstić information content (AvgIpc) is 3.73. The molecule has 1 aromatic heterocycles. The second kappa shape index (κ2) is 16.7. The van der Waals surface area contributed by atoms with Crippen LogP contribution < -0.4 is 0 Å². The molecule has 11 aromatic carbocycles. The van der Waals surface area contributed by atoms with Crippen LogP contribution in [0, 0.1) is 0 Å². The lowest BCUT2D eigenvalue weighted by Gasteiger charge is -2.33. The van der Waals surface area contributed by atoms with Crippen LogP contribution >= 0.6 is 0 Å². The fraction of sp³-hybridized carbons (Fsp3) is 0.0149. The number of benzene rings is 11. The van der Waals surface area contributed by atoms with Crippen LogP contribution in [0.15, 0.2) is 267 Å². The van der Waals surface area contributed by atoms with Crippen molar-refractivity contribution in [1.82, 2.24) is 9.97 Å². The van der Waals surface area contributed by atoms with Crippen LogP contribution in [-0.2, 0) is 5.41 Å². The van der Waals surface area contributed by atoms with Gasteiger partial charge in [0.25, 0.3) is 0 Å². The number of hydrogen-bond donors (Lipinski definition) is 0. The van der Waals surface area contributed by atoms with Crippen molar-refractivity contribution >= 4 is 21.5 Å². The molecule has 0 fully saturated rings. The summed E-state index contributed by atoms with van der Waals surface area (Å²) in [6, 6.07) is 96.7. The zero-order valence-electron chi connectivity index (χ0n) is 37.8. The zero-order chi connectivity index (χ0) is 45.7. The number of rotatable bonds is 8. The molecule has 0 aliphatic heterocycles. The molecule has 69 heavy (non-hydrogen) atoms. The van der Waals surface area contributed by atoms with E-state index in [0.29, 0.717) is 5.82 Å². The highest BCUT2D eigenvalue weighted by molar-refractivity contribution is 6.05. The first kappa shape index (κ1) is 40.3. The maximum Gasteiger partial charge on any atom is 0.160 e. The second-order valence-corrected chi connectivity index (χ2v) is 18.0. The molecule has 2 nitrogen and oxygen atoms in total. The summed E-state index contributed by atoms with van der Waals surface area (Å²) in [5, 5.41) is 4.65. The Hall–Kier alpha value is -8.98. The van der Waals surface area contributed by atoms with Gasteiger partial charge in [-0.25, -0.2) is 9.97 Å². The van der Waals surface area contributed by atoms with Crippen LogP contribution in [0.2, 0.25) is 0 Å². The van der Waals surface area contributed by atoms with Gasteiger partial charge in [-0.1, -0.05) is 249 Å². The summed E-state index contributed by atoms with van der Waals surface area (Å²) in [6.07, 6.45) is 0. The Morgan fingerprint density at radius 3 is 1.45 bits per heavy atom. The molecule has 0 amide bonds. The molecule has 0 N–H and O–H groups in total. The molecule has 0 atom stereocenters. The summed E-state index contributed by atoms with van der Waals surface area (Å²) in [7, 11) is 0. The van der Waals surface area contributed by atoms with E-state index in [2.05, 4.69) is 267 Å². The molecule has 0 saturated carbocycles. The van der Waals surface area contributed by atoms with Gasteiger partial charge in [0.1, 0.15) is 0 Å². The van der Waals surface area contributed by atoms with Crippen molar-refractivity contribution in [3.63, 3.8) is 0 Å². The standard InChI is InChI=1S/C67H44N2/c1-4-18-45(19-5-1)46-34-36-48(37-35-46)66-68-64(59-32-17-21-47-20-10-11-28-54(47)59)44-65(69-66)60-40-39-55(56-29-12-13-30-57(56)60)51-23-16-22-49(42-51)50-38-41-63-61(43-50)58-31-14-15-33-62(58)67(63,52-24-6-2-7-25-52)53-26-8-3-9-27-53/h1-44H. The number of aromatic nitrogens is 2. The van der Waals surface area contributed by atoms with Crippen LogP contribution in [0.25, 0.3) is 100.0 Å². The highest BCUT2D eigenvalue weighted by Gasteiger charge is 2.46. The summed E-state index contributed by atoms with van der Waals surface area (Å²) < 4.78 is 0. The van der Waals surface area contributed by atoms with Gasteiger partial charge in [0, 0.05) is 16.7 Å². The normalized spacial score (nSPS) is 12.5. The largest absolute Gasteiger partial charge is 0.228 e. The van der Waals surface area contributed by atoms with Gasteiger partial charge in [-0.05, 0) is 107 Å². The van der Waals surface area contributed by atoms with E-state index in [1.54, 1.807) is 0 Å². The lowest BCUT2D eigenvalue weighted by Crippen LogP contribution is -2.28. The fourth-order valence-electron chi connectivity index (χ4n) is 11.0. The highest BCUT2D eigenvalue weighted by Crippen LogP contribution is 2.56. The van der Waals surface area contributed by atoms with E-state index in [-0.39, 0.29) is 0 Å². The molecule has 13 rings (SSSR count). The van der Waals surface area contributed by atoms with Crippen LogP contribution in [-0.4, -0.2) is 9.97 Å². The smallest absolute Gasteiger partial charge is 0.160 e. The highest BCUT2D eigenvalue weighted by atomic mass is 14.9. The Morgan fingerprint density at radius 2 is 0.710 bits per heavy atom. The fourth-order valence-corrected chi connectivity index (χ4v) is 11.0. The summed E-state index contributed by atoms with van der Waals surface area (Å²) in [5.41, 5.74) is 19.2. The van der Waals surface area contributed by atoms with E-state index >= 15 is 0 Å². The van der Waals surface area contributed by atoms with Crippen LogP contribution in [0.5, 0.6) is 0 Å². The van der Waals surface area contributed by atoms with E-state index < -0.39 is 5.41 Å². The van der Waals surface area contributed by atoms with Gasteiger partial charge in [-0.15, -0.1) is 0 Å². The molecular formula is C67H44N2. The molecule has 12 aromatic rings. The molecule has 0 unspecified atom stereocenters. The van der Waals surface area contributed by atoms with Gasteiger partial charge >= 0.3 is 0 Å². The first-order valence-electron chi connectivity index (χ1n) is 23.7. The SMILES string of the molecule is c1ccc(-c2ccc(-c3nc(-c4cccc5ccccc45)cc(-c4ccc(-c5cccc(-c6ccc7c(c6)-c6ccccc6C7(c6ccccc6)c6ccccc6)c5)c5ccccc45)n3)cc2)cc1. The van der Waals surface area contributed by atoms with Crippen molar-refractivity contribution in [2.45, 2.75) is 5.41 Å².